The zero-order valence-electron chi connectivity index (χ0n) is 12.3. The van der Waals surface area contributed by atoms with Crippen LogP contribution in [0.4, 0.5) is 5.69 Å². The van der Waals surface area contributed by atoms with Gasteiger partial charge in [-0.15, -0.1) is 0 Å². The summed E-state index contributed by atoms with van der Waals surface area (Å²) >= 11 is 0. The number of hydrogen-bond donors (Lipinski definition) is 3. The second-order valence-corrected chi connectivity index (χ2v) is 5.75. The lowest BCUT2D eigenvalue weighted by atomic mass is 9.94. The molecule has 1 heterocycles. The van der Waals surface area contributed by atoms with Crippen LogP contribution in [-0.4, -0.2) is 24.1 Å². The van der Waals surface area contributed by atoms with Gasteiger partial charge < -0.3 is 15.7 Å². The minimum absolute atomic E-state index is 0.0590. The number of carbonyl (C=O) groups is 1. The van der Waals surface area contributed by atoms with Gasteiger partial charge in [-0.05, 0) is 75.4 Å². The number of amides is 1. The SMILES string of the molecule is Cc1cc(NC(=O)CCC2CCCNC2)c(C)cc1O. The van der Waals surface area contributed by atoms with E-state index >= 15 is 0 Å². The Hall–Kier alpha value is -1.55. The minimum Gasteiger partial charge on any atom is -0.508 e. The van der Waals surface area contributed by atoms with Crippen molar-refractivity contribution in [1.82, 2.24) is 5.32 Å². The summed E-state index contributed by atoms with van der Waals surface area (Å²) in [5, 5.41) is 15.9. The molecule has 4 nitrogen and oxygen atoms in total. The van der Waals surface area contributed by atoms with Crippen molar-refractivity contribution >= 4 is 11.6 Å². The van der Waals surface area contributed by atoms with Crippen LogP contribution >= 0.6 is 0 Å². The van der Waals surface area contributed by atoms with Gasteiger partial charge in [0.25, 0.3) is 0 Å². The van der Waals surface area contributed by atoms with Gasteiger partial charge in [-0.1, -0.05) is 0 Å². The van der Waals surface area contributed by atoms with Crippen LogP contribution in [0.15, 0.2) is 12.1 Å². The Morgan fingerprint density at radius 2 is 2.20 bits per heavy atom. The molecule has 0 spiro atoms. The topological polar surface area (TPSA) is 61.4 Å². The fraction of sp³-hybridized carbons (Fsp3) is 0.562. The summed E-state index contributed by atoms with van der Waals surface area (Å²) < 4.78 is 0. The Labute approximate surface area is 120 Å². The maximum absolute atomic E-state index is 12.0. The molecular formula is C16H24N2O2. The number of hydrogen-bond acceptors (Lipinski definition) is 3. The summed E-state index contributed by atoms with van der Waals surface area (Å²) in [5.41, 5.74) is 2.47. The van der Waals surface area contributed by atoms with E-state index in [1.54, 1.807) is 6.07 Å². The van der Waals surface area contributed by atoms with Gasteiger partial charge in [0.2, 0.25) is 5.91 Å². The molecule has 110 valence electrons. The molecule has 1 atom stereocenters. The van der Waals surface area contributed by atoms with Crippen LogP contribution in [0.5, 0.6) is 5.75 Å². The second-order valence-electron chi connectivity index (χ2n) is 5.75. The molecule has 1 unspecified atom stereocenters. The van der Waals surface area contributed by atoms with Crippen molar-refractivity contribution in [3.8, 4) is 5.75 Å². The number of rotatable bonds is 4. The number of aryl methyl sites for hydroxylation is 2. The Bertz CT molecular complexity index is 480. The first-order valence-corrected chi connectivity index (χ1v) is 7.37. The van der Waals surface area contributed by atoms with Gasteiger partial charge in [-0.2, -0.15) is 0 Å². The minimum atomic E-state index is 0.0590. The number of phenols is 1. The van der Waals surface area contributed by atoms with Gasteiger partial charge >= 0.3 is 0 Å². The van der Waals surface area contributed by atoms with Crippen molar-refractivity contribution in [2.45, 2.75) is 39.5 Å². The quantitative estimate of drug-likeness (QED) is 0.741. The fourth-order valence-electron chi connectivity index (χ4n) is 2.65. The van der Waals surface area contributed by atoms with E-state index in [4.69, 9.17) is 0 Å². The van der Waals surface area contributed by atoms with Crippen LogP contribution < -0.4 is 10.6 Å². The number of nitrogens with one attached hydrogen (secondary N) is 2. The molecule has 0 radical (unpaired) electrons. The number of anilines is 1. The zero-order chi connectivity index (χ0) is 14.5. The molecule has 1 aliphatic rings. The Kier molecular flexibility index (Phi) is 5.01. The highest BCUT2D eigenvalue weighted by Gasteiger charge is 2.15. The van der Waals surface area contributed by atoms with E-state index in [-0.39, 0.29) is 11.7 Å². The Balaban J connectivity index is 1.86. The van der Waals surface area contributed by atoms with E-state index in [1.165, 1.54) is 12.8 Å². The van der Waals surface area contributed by atoms with Gasteiger partial charge in [-0.3, -0.25) is 4.79 Å². The lowest BCUT2D eigenvalue weighted by Crippen LogP contribution is -2.30. The number of benzene rings is 1. The summed E-state index contributed by atoms with van der Waals surface area (Å²) in [5.74, 6) is 0.953. The average molecular weight is 276 g/mol. The lowest BCUT2D eigenvalue weighted by Gasteiger charge is -2.22. The summed E-state index contributed by atoms with van der Waals surface area (Å²) in [6, 6.07) is 3.51. The molecule has 1 saturated heterocycles. The van der Waals surface area contributed by atoms with Gasteiger partial charge in [0.1, 0.15) is 5.75 Å². The number of carbonyl (C=O) groups excluding carboxylic acids is 1. The van der Waals surface area contributed by atoms with E-state index in [1.807, 2.05) is 19.9 Å². The molecule has 2 rings (SSSR count). The third-order valence-corrected chi connectivity index (χ3v) is 4.00. The monoisotopic (exact) mass is 276 g/mol. The predicted octanol–water partition coefficient (Wildman–Crippen LogP) is 2.73. The Morgan fingerprint density at radius 1 is 1.40 bits per heavy atom. The molecule has 4 heteroatoms. The highest BCUT2D eigenvalue weighted by atomic mass is 16.3. The van der Waals surface area contributed by atoms with E-state index < -0.39 is 0 Å². The molecule has 0 aromatic heterocycles. The largest absolute Gasteiger partial charge is 0.508 e. The normalized spacial score (nSPS) is 18.8. The van der Waals surface area contributed by atoms with Crippen LogP contribution in [0, 0.1) is 19.8 Å². The van der Waals surface area contributed by atoms with Crippen molar-refractivity contribution in [2.75, 3.05) is 18.4 Å². The van der Waals surface area contributed by atoms with E-state index in [0.29, 0.717) is 12.3 Å². The standard InChI is InChI=1S/C16H24N2O2/c1-11-9-15(19)12(2)8-14(11)18-16(20)6-5-13-4-3-7-17-10-13/h8-9,13,17,19H,3-7,10H2,1-2H3,(H,18,20). The van der Waals surface area contributed by atoms with Crippen LogP contribution in [0.3, 0.4) is 0 Å². The first-order valence-electron chi connectivity index (χ1n) is 7.37. The van der Waals surface area contributed by atoms with Crippen molar-refractivity contribution in [3.05, 3.63) is 23.3 Å². The summed E-state index contributed by atoms with van der Waals surface area (Å²) in [4.78, 5) is 12.0. The zero-order valence-corrected chi connectivity index (χ0v) is 12.3. The van der Waals surface area contributed by atoms with E-state index in [9.17, 15) is 9.90 Å². The fourth-order valence-corrected chi connectivity index (χ4v) is 2.65. The molecule has 3 N–H and O–H groups in total. The molecular weight excluding hydrogens is 252 g/mol. The van der Waals surface area contributed by atoms with Crippen molar-refractivity contribution in [3.63, 3.8) is 0 Å². The summed E-state index contributed by atoms with van der Waals surface area (Å²) in [6.07, 6.45) is 3.93. The summed E-state index contributed by atoms with van der Waals surface area (Å²) in [6.45, 7) is 5.86. The smallest absolute Gasteiger partial charge is 0.224 e. The van der Waals surface area contributed by atoms with Crippen LogP contribution in [-0.2, 0) is 4.79 Å². The molecule has 1 amide bonds. The first-order chi connectivity index (χ1) is 9.56. The van der Waals surface area contributed by atoms with E-state index in [0.717, 1.165) is 36.3 Å². The maximum Gasteiger partial charge on any atom is 0.224 e. The predicted molar refractivity (Wildman–Crippen MR) is 81.0 cm³/mol. The molecule has 1 aliphatic heterocycles. The van der Waals surface area contributed by atoms with Gasteiger partial charge in [0, 0.05) is 12.1 Å². The highest BCUT2D eigenvalue weighted by Crippen LogP contribution is 2.25. The van der Waals surface area contributed by atoms with Crippen molar-refractivity contribution in [2.24, 2.45) is 5.92 Å². The van der Waals surface area contributed by atoms with Crippen molar-refractivity contribution in [1.29, 1.82) is 0 Å². The number of piperidine rings is 1. The third kappa shape index (κ3) is 3.97. The van der Waals surface area contributed by atoms with Crippen molar-refractivity contribution < 1.29 is 9.90 Å². The molecule has 20 heavy (non-hydrogen) atoms. The maximum atomic E-state index is 12.0. The summed E-state index contributed by atoms with van der Waals surface area (Å²) in [7, 11) is 0. The van der Waals surface area contributed by atoms with Crippen LogP contribution in [0.2, 0.25) is 0 Å². The molecule has 1 aromatic carbocycles. The first kappa shape index (κ1) is 14.9. The molecule has 0 saturated carbocycles. The molecule has 0 bridgehead atoms. The van der Waals surface area contributed by atoms with E-state index in [2.05, 4.69) is 10.6 Å². The molecule has 1 fully saturated rings. The highest BCUT2D eigenvalue weighted by molar-refractivity contribution is 5.91. The Morgan fingerprint density at radius 3 is 2.90 bits per heavy atom. The van der Waals surface area contributed by atoms with Gasteiger partial charge in [-0.25, -0.2) is 0 Å². The number of phenolic OH excluding ortho intramolecular Hbond substituents is 1. The van der Waals surface area contributed by atoms with Gasteiger partial charge in [0.05, 0.1) is 0 Å². The lowest BCUT2D eigenvalue weighted by molar-refractivity contribution is -0.116. The average Bonchev–Trinajstić information content (AvgIpc) is 2.44. The number of aromatic hydroxyl groups is 1. The molecule has 1 aromatic rings. The van der Waals surface area contributed by atoms with Crippen LogP contribution in [0.1, 0.15) is 36.8 Å². The van der Waals surface area contributed by atoms with Crippen LogP contribution in [0.25, 0.3) is 0 Å². The second kappa shape index (κ2) is 6.75. The van der Waals surface area contributed by atoms with Gasteiger partial charge in [0.15, 0.2) is 0 Å². The third-order valence-electron chi connectivity index (χ3n) is 4.00. The molecule has 0 aliphatic carbocycles.